The number of hydrogen-bond acceptors (Lipinski definition) is 3. The number of hydrogen-bond donors (Lipinski definition) is 2. The van der Waals surface area contributed by atoms with E-state index < -0.39 is 5.82 Å². The number of urea groups is 1. The number of imidazole rings is 1. The Balaban J connectivity index is 1.65. The van der Waals surface area contributed by atoms with Crippen molar-refractivity contribution in [3.05, 3.63) is 66.8 Å². The average Bonchev–Trinajstić information content (AvgIpc) is 3.10. The maximum Gasteiger partial charge on any atom is 0.319 e. The van der Waals surface area contributed by atoms with Crippen molar-refractivity contribution < 1.29 is 9.18 Å². The Morgan fingerprint density at radius 3 is 2.84 bits per heavy atom. The first-order valence-corrected chi connectivity index (χ1v) is 7.84. The number of carbonyl (C=O) groups is 1. The lowest BCUT2D eigenvalue weighted by Gasteiger charge is -2.12. The van der Waals surface area contributed by atoms with Crippen LogP contribution < -0.4 is 10.6 Å². The van der Waals surface area contributed by atoms with Gasteiger partial charge in [0.05, 0.1) is 12.5 Å². The van der Waals surface area contributed by atoms with Crippen LogP contribution in [-0.2, 0) is 6.54 Å². The second-order valence-electron chi connectivity index (χ2n) is 5.60. The largest absolute Gasteiger partial charge is 0.336 e. The predicted octanol–water partition coefficient (Wildman–Crippen LogP) is 3.21. The molecule has 1 aromatic carbocycles. The summed E-state index contributed by atoms with van der Waals surface area (Å²) in [6, 6.07) is 6.67. The number of rotatable bonds is 5. The lowest BCUT2D eigenvalue weighted by Crippen LogP contribution is -2.31. The van der Waals surface area contributed by atoms with Crippen molar-refractivity contribution in [1.29, 1.82) is 0 Å². The van der Waals surface area contributed by atoms with Crippen molar-refractivity contribution in [1.82, 2.24) is 19.9 Å². The van der Waals surface area contributed by atoms with Crippen LogP contribution in [0.5, 0.6) is 0 Å². The van der Waals surface area contributed by atoms with Crippen molar-refractivity contribution in [3.63, 3.8) is 0 Å². The highest BCUT2D eigenvalue weighted by Gasteiger charge is 2.07. The molecule has 0 atom stereocenters. The molecule has 0 aliphatic heterocycles. The first-order chi connectivity index (χ1) is 12.1. The SMILES string of the molecule is Cc1ccc(-c2cncc(F)c2)cc1NC(=O)NCCn1ccnc1. The number of amides is 2. The molecule has 0 unspecified atom stereocenters. The molecule has 6 nitrogen and oxygen atoms in total. The van der Waals surface area contributed by atoms with Crippen LogP contribution in [0.4, 0.5) is 14.9 Å². The minimum atomic E-state index is -0.398. The molecular formula is C18H18FN5O. The smallest absolute Gasteiger partial charge is 0.319 e. The van der Waals surface area contributed by atoms with Gasteiger partial charge in [-0.2, -0.15) is 0 Å². The zero-order chi connectivity index (χ0) is 17.6. The van der Waals surface area contributed by atoms with Crippen LogP contribution in [0.3, 0.4) is 0 Å². The number of nitrogens with zero attached hydrogens (tertiary/aromatic N) is 3. The van der Waals surface area contributed by atoms with E-state index in [1.54, 1.807) is 24.8 Å². The standard InChI is InChI=1S/C18H18FN5O/c1-13-2-3-14(15-8-16(19)11-21-10-15)9-17(13)23-18(25)22-5-7-24-6-4-20-12-24/h2-4,6,8-12H,5,7H2,1H3,(H2,22,23,25). The minimum Gasteiger partial charge on any atom is -0.336 e. The number of pyridine rings is 1. The average molecular weight is 339 g/mol. The number of nitrogens with one attached hydrogen (secondary N) is 2. The highest BCUT2D eigenvalue weighted by molar-refractivity contribution is 5.91. The van der Waals surface area contributed by atoms with Gasteiger partial charge in [0.1, 0.15) is 5.82 Å². The van der Waals surface area contributed by atoms with Crippen molar-refractivity contribution >= 4 is 11.7 Å². The highest BCUT2D eigenvalue weighted by Crippen LogP contribution is 2.25. The molecule has 0 bridgehead atoms. The molecule has 3 rings (SSSR count). The summed E-state index contributed by atoms with van der Waals surface area (Å²) < 4.78 is 15.2. The molecule has 2 amide bonds. The fraction of sp³-hybridized carbons (Fsp3) is 0.167. The summed E-state index contributed by atoms with van der Waals surface area (Å²) in [4.78, 5) is 19.9. The maximum absolute atomic E-state index is 13.4. The molecule has 2 N–H and O–H groups in total. The molecule has 0 fully saturated rings. The molecule has 0 saturated heterocycles. The fourth-order valence-corrected chi connectivity index (χ4v) is 2.39. The van der Waals surface area contributed by atoms with Gasteiger partial charge in [-0.1, -0.05) is 12.1 Å². The Bertz CT molecular complexity index is 864. The van der Waals surface area contributed by atoms with Crippen LogP contribution in [0, 0.1) is 12.7 Å². The number of aromatic nitrogens is 3. The van der Waals surface area contributed by atoms with Crippen LogP contribution in [0.25, 0.3) is 11.1 Å². The summed E-state index contributed by atoms with van der Waals surface area (Å²) in [5.41, 5.74) is 3.02. The van der Waals surface area contributed by atoms with Crippen molar-refractivity contribution in [2.24, 2.45) is 0 Å². The lowest BCUT2D eigenvalue weighted by atomic mass is 10.0. The number of anilines is 1. The molecule has 2 aromatic heterocycles. The highest BCUT2D eigenvalue weighted by atomic mass is 19.1. The first kappa shape index (κ1) is 16.6. The quantitative estimate of drug-likeness (QED) is 0.750. The van der Waals surface area contributed by atoms with E-state index in [0.717, 1.165) is 17.3 Å². The van der Waals surface area contributed by atoms with Crippen LogP contribution in [-0.4, -0.2) is 27.1 Å². The van der Waals surface area contributed by atoms with E-state index >= 15 is 0 Å². The predicted molar refractivity (Wildman–Crippen MR) is 93.6 cm³/mol. The van der Waals surface area contributed by atoms with E-state index in [2.05, 4.69) is 20.6 Å². The third-order valence-corrected chi connectivity index (χ3v) is 3.74. The number of halogens is 1. The second-order valence-corrected chi connectivity index (χ2v) is 5.60. The third-order valence-electron chi connectivity index (χ3n) is 3.74. The Labute approximate surface area is 144 Å². The Morgan fingerprint density at radius 2 is 2.08 bits per heavy atom. The van der Waals surface area contributed by atoms with E-state index in [9.17, 15) is 9.18 Å². The monoisotopic (exact) mass is 339 g/mol. The zero-order valence-electron chi connectivity index (χ0n) is 13.7. The zero-order valence-corrected chi connectivity index (χ0v) is 13.7. The summed E-state index contributed by atoms with van der Waals surface area (Å²) >= 11 is 0. The molecule has 7 heteroatoms. The molecule has 2 heterocycles. The van der Waals surface area contributed by atoms with Crippen LogP contribution >= 0.6 is 0 Å². The molecule has 0 saturated carbocycles. The van der Waals surface area contributed by atoms with E-state index in [4.69, 9.17) is 0 Å². The topological polar surface area (TPSA) is 71.8 Å². The van der Waals surface area contributed by atoms with Crippen molar-refractivity contribution in [2.75, 3.05) is 11.9 Å². The van der Waals surface area contributed by atoms with Gasteiger partial charge in [-0.05, 0) is 30.2 Å². The van der Waals surface area contributed by atoms with Crippen LogP contribution in [0.2, 0.25) is 0 Å². The molecule has 0 spiro atoms. The fourth-order valence-electron chi connectivity index (χ4n) is 2.39. The Kier molecular flexibility index (Phi) is 5.03. The van der Waals surface area contributed by atoms with Crippen LogP contribution in [0.15, 0.2) is 55.4 Å². The third kappa shape index (κ3) is 4.41. The van der Waals surface area contributed by atoms with Gasteiger partial charge in [-0.25, -0.2) is 14.2 Å². The van der Waals surface area contributed by atoms with E-state index in [0.29, 0.717) is 24.3 Å². The van der Waals surface area contributed by atoms with Gasteiger partial charge in [-0.15, -0.1) is 0 Å². The van der Waals surface area contributed by atoms with Gasteiger partial charge in [0.25, 0.3) is 0 Å². The lowest BCUT2D eigenvalue weighted by molar-refractivity contribution is 0.251. The van der Waals surface area contributed by atoms with E-state index in [1.165, 1.54) is 6.07 Å². The number of benzene rings is 1. The molecule has 25 heavy (non-hydrogen) atoms. The normalized spacial score (nSPS) is 10.5. The number of carbonyl (C=O) groups excluding carboxylic acids is 1. The minimum absolute atomic E-state index is 0.294. The molecule has 3 aromatic rings. The molecular weight excluding hydrogens is 321 g/mol. The summed E-state index contributed by atoms with van der Waals surface area (Å²) in [6.07, 6.45) is 7.96. The van der Waals surface area contributed by atoms with Gasteiger partial charge < -0.3 is 15.2 Å². The van der Waals surface area contributed by atoms with Crippen LogP contribution in [0.1, 0.15) is 5.56 Å². The van der Waals surface area contributed by atoms with Gasteiger partial charge in [0.15, 0.2) is 0 Å². The summed E-state index contributed by atoms with van der Waals surface area (Å²) in [6.45, 7) is 3.02. The summed E-state index contributed by atoms with van der Waals surface area (Å²) in [7, 11) is 0. The Hall–Kier alpha value is -3.22. The molecule has 0 radical (unpaired) electrons. The van der Waals surface area contributed by atoms with Crippen molar-refractivity contribution in [2.45, 2.75) is 13.5 Å². The van der Waals surface area contributed by atoms with Gasteiger partial charge >= 0.3 is 6.03 Å². The van der Waals surface area contributed by atoms with Gasteiger partial charge in [0.2, 0.25) is 0 Å². The molecule has 0 aliphatic rings. The van der Waals surface area contributed by atoms with Crippen molar-refractivity contribution in [3.8, 4) is 11.1 Å². The first-order valence-electron chi connectivity index (χ1n) is 7.84. The Morgan fingerprint density at radius 1 is 1.20 bits per heavy atom. The summed E-state index contributed by atoms with van der Waals surface area (Å²) in [5.74, 6) is -0.398. The second kappa shape index (κ2) is 7.57. The molecule has 128 valence electrons. The summed E-state index contributed by atoms with van der Waals surface area (Å²) in [5, 5.41) is 5.62. The van der Waals surface area contributed by atoms with Gasteiger partial charge in [-0.3, -0.25) is 4.98 Å². The van der Waals surface area contributed by atoms with E-state index in [-0.39, 0.29) is 6.03 Å². The van der Waals surface area contributed by atoms with Gasteiger partial charge in [0, 0.05) is 42.9 Å². The maximum atomic E-state index is 13.4. The van der Waals surface area contributed by atoms with E-state index in [1.807, 2.05) is 29.8 Å². The number of aryl methyl sites for hydroxylation is 1. The molecule has 0 aliphatic carbocycles.